The lowest BCUT2D eigenvalue weighted by molar-refractivity contribution is 0.415. The van der Waals surface area contributed by atoms with Crippen LogP contribution in [0.25, 0.3) is 10.9 Å². The van der Waals surface area contributed by atoms with Gasteiger partial charge in [-0.1, -0.05) is 15.9 Å². The van der Waals surface area contributed by atoms with Crippen molar-refractivity contribution in [3.8, 4) is 5.75 Å². The molecule has 0 aliphatic carbocycles. The summed E-state index contributed by atoms with van der Waals surface area (Å²) in [6.45, 7) is 0. The molecule has 0 atom stereocenters. The van der Waals surface area contributed by atoms with Crippen LogP contribution >= 0.6 is 27.5 Å². The molecule has 0 unspecified atom stereocenters. The van der Waals surface area contributed by atoms with Gasteiger partial charge in [0.1, 0.15) is 5.75 Å². The van der Waals surface area contributed by atoms with E-state index in [4.69, 9.17) is 16.3 Å². The average molecular weight is 415 g/mol. The van der Waals surface area contributed by atoms with Gasteiger partial charge in [-0.25, -0.2) is 12.4 Å². The number of aromatic nitrogens is 1. The summed E-state index contributed by atoms with van der Waals surface area (Å²) in [6, 6.07) is 11.8. The van der Waals surface area contributed by atoms with Crippen molar-refractivity contribution in [1.82, 2.24) is 3.97 Å². The molecule has 4 nitrogen and oxygen atoms in total. The molecule has 3 rings (SSSR count). The largest absolute Gasteiger partial charge is 0.497 e. The lowest BCUT2D eigenvalue weighted by Crippen LogP contribution is -2.11. The van der Waals surface area contributed by atoms with Gasteiger partial charge in [0.05, 0.1) is 17.5 Å². The van der Waals surface area contributed by atoms with Gasteiger partial charge in [0, 0.05) is 21.9 Å². The summed E-state index contributed by atoms with van der Waals surface area (Å²) in [5.41, 5.74) is 1.31. The fraction of sp³-hybridized carbons (Fsp3) is 0.125. The number of nitrogens with zero attached hydrogens (tertiary/aromatic N) is 1. The van der Waals surface area contributed by atoms with E-state index in [0.717, 1.165) is 15.4 Å². The Morgan fingerprint density at radius 2 is 1.87 bits per heavy atom. The third-order valence-electron chi connectivity index (χ3n) is 3.57. The van der Waals surface area contributed by atoms with E-state index in [0.29, 0.717) is 11.3 Å². The number of benzene rings is 2. The molecule has 0 bridgehead atoms. The second-order valence-electron chi connectivity index (χ2n) is 4.93. The highest BCUT2D eigenvalue weighted by Crippen LogP contribution is 2.30. The van der Waals surface area contributed by atoms with E-state index in [2.05, 4.69) is 15.9 Å². The molecule has 2 aromatic carbocycles. The van der Waals surface area contributed by atoms with Crippen LogP contribution in [0.2, 0.25) is 0 Å². The van der Waals surface area contributed by atoms with Crippen molar-refractivity contribution in [2.75, 3.05) is 7.11 Å². The fourth-order valence-corrected chi connectivity index (χ4v) is 4.27. The Morgan fingerprint density at radius 1 is 1.17 bits per heavy atom. The van der Waals surface area contributed by atoms with Crippen molar-refractivity contribution < 1.29 is 13.2 Å². The molecule has 7 heteroatoms. The maximum absolute atomic E-state index is 12.9. The molecule has 0 amide bonds. The van der Waals surface area contributed by atoms with Crippen LogP contribution in [0.15, 0.2) is 58.0 Å². The third kappa shape index (κ3) is 2.86. The standard InChI is InChI=1S/C16H13BrClNO3S/c1-22-13-4-7-16-15(8-13)11(9-18)10-19(16)23(20,21)14-5-2-12(17)3-6-14/h2-8,10H,9H2,1H3. The topological polar surface area (TPSA) is 48.3 Å². The molecule has 0 aliphatic rings. The van der Waals surface area contributed by atoms with Gasteiger partial charge in [-0.05, 0) is 48.0 Å². The molecule has 120 valence electrons. The Kier molecular flexibility index (Phi) is 4.40. The normalized spacial score (nSPS) is 11.8. The molecule has 0 N–H and O–H groups in total. The molecule has 3 aromatic rings. The van der Waals surface area contributed by atoms with Crippen LogP contribution in [-0.4, -0.2) is 19.5 Å². The number of halogens is 2. The Bertz CT molecular complexity index is 965. The maximum atomic E-state index is 12.9. The van der Waals surface area contributed by atoms with Gasteiger partial charge in [-0.15, -0.1) is 11.6 Å². The SMILES string of the molecule is COc1ccc2c(c1)c(CCl)cn2S(=O)(=O)c1ccc(Br)cc1. The summed E-state index contributed by atoms with van der Waals surface area (Å²) in [4.78, 5) is 0.217. The van der Waals surface area contributed by atoms with Gasteiger partial charge >= 0.3 is 0 Å². The fourth-order valence-electron chi connectivity index (χ4n) is 2.40. The summed E-state index contributed by atoms with van der Waals surface area (Å²) in [7, 11) is -2.13. The van der Waals surface area contributed by atoms with Crippen molar-refractivity contribution >= 4 is 48.5 Å². The third-order valence-corrected chi connectivity index (χ3v) is 6.08. The summed E-state index contributed by atoms with van der Waals surface area (Å²) in [5.74, 6) is 0.870. The molecule has 1 aromatic heterocycles. The highest BCUT2D eigenvalue weighted by atomic mass is 79.9. The summed E-state index contributed by atoms with van der Waals surface area (Å²) < 4.78 is 33.1. The van der Waals surface area contributed by atoms with E-state index >= 15 is 0 Å². The number of ether oxygens (including phenoxy) is 1. The number of rotatable bonds is 4. The first-order chi connectivity index (χ1) is 11.0. The van der Waals surface area contributed by atoms with E-state index in [1.54, 1.807) is 55.8 Å². The molecule has 0 saturated carbocycles. The molecule has 23 heavy (non-hydrogen) atoms. The van der Waals surface area contributed by atoms with Crippen LogP contribution in [-0.2, 0) is 15.9 Å². The zero-order valence-electron chi connectivity index (χ0n) is 12.2. The Labute approximate surface area is 147 Å². The second kappa shape index (κ2) is 6.19. The highest BCUT2D eigenvalue weighted by molar-refractivity contribution is 9.10. The summed E-state index contributed by atoms with van der Waals surface area (Å²) >= 11 is 9.28. The highest BCUT2D eigenvalue weighted by Gasteiger charge is 2.21. The van der Waals surface area contributed by atoms with E-state index in [1.165, 1.54) is 3.97 Å². The minimum absolute atomic E-state index is 0.215. The van der Waals surface area contributed by atoms with Crippen molar-refractivity contribution in [2.24, 2.45) is 0 Å². The molecule has 0 saturated heterocycles. The van der Waals surface area contributed by atoms with E-state index in [9.17, 15) is 8.42 Å². The van der Waals surface area contributed by atoms with Crippen molar-refractivity contribution in [3.05, 3.63) is 58.7 Å². The van der Waals surface area contributed by atoms with E-state index in [-0.39, 0.29) is 10.8 Å². The van der Waals surface area contributed by atoms with Crippen LogP contribution < -0.4 is 4.74 Å². The van der Waals surface area contributed by atoms with Crippen LogP contribution in [0, 0.1) is 0 Å². The number of hydrogen-bond acceptors (Lipinski definition) is 3. The predicted octanol–water partition coefficient (Wildman–Crippen LogP) is 4.39. The van der Waals surface area contributed by atoms with E-state index < -0.39 is 10.0 Å². The van der Waals surface area contributed by atoms with Crippen molar-refractivity contribution in [3.63, 3.8) is 0 Å². The van der Waals surface area contributed by atoms with Crippen LogP contribution in [0.5, 0.6) is 5.75 Å². The first-order valence-electron chi connectivity index (χ1n) is 6.72. The predicted molar refractivity (Wildman–Crippen MR) is 94.8 cm³/mol. The summed E-state index contributed by atoms with van der Waals surface area (Å²) in [6.07, 6.45) is 1.56. The minimum atomic E-state index is -3.69. The molecule has 0 radical (unpaired) electrons. The Hall–Kier alpha value is -1.50. The molecular formula is C16H13BrClNO3S. The number of fused-ring (bicyclic) bond motifs is 1. The van der Waals surface area contributed by atoms with E-state index in [1.807, 2.05) is 0 Å². The monoisotopic (exact) mass is 413 g/mol. The summed E-state index contributed by atoms with van der Waals surface area (Å²) in [5, 5.41) is 0.764. The van der Waals surface area contributed by atoms with Gasteiger partial charge in [0.2, 0.25) is 0 Å². The van der Waals surface area contributed by atoms with Crippen LogP contribution in [0.4, 0.5) is 0 Å². The Balaban J connectivity index is 2.25. The molecule has 0 fully saturated rings. The first-order valence-corrected chi connectivity index (χ1v) is 9.49. The number of methoxy groups -OCH3 is 1. The molecular weight excluding hydrogens is 402 g/mol. The number of hydrogen-bond donors (Lipinski definition) is 0. The van der Waals surface area contributed by atoms with Crippen molar-refractivity contribution in [2.45, 2.75) is 10.8 Å². The van der Waals surface area contributed by atoms with Gasteiger partial charge in [-0.2, -0.15) is 0 Å². The quantitative estimate of drug-likeness (QED) is 0.595. The van der Waals surface area contributed by atoms with Gasteiger partial charge in [-0.3, -0.25) is 0 Å². The van der Waals surface area contributed by atoms with Gasteiger partial charge < -0.3 is 4.74 Å². The van der Waals surface area contributed by atoms with Gasteiger partial charge in [0.25, 0.3) is 10.0 Å². The lowest BCUT2D eigenvalue weighted by atomic mass is 10.2. The molecule has 1 heterocycles. The molecule has 0 spiro atoms. The smallest absolute Gasteiger partial charge is 0.268 e. The zero-order chi connectivity index (χ0) is 16.6. The number of alkyl halides is 1. The lowest BCUT2D eigenvalue weighted by Gasteiger charge is -2.08. The first kappa shape index (κ1) is 16.4. The minimum Gasteiger partial charge on any atom is -0.497 e. The van der Waals surface area contributed by atoms with Crippen LogP contribution in [0.1, 0.15) is 5.56 Å². The average Bonchev–Trinajstić information content (AvgIpc) is 2.93. The zero-order valence-corrected chi connectivity index (χ0v) is 15.3. The maximum Gasteiger partial charge on any atom is 0.268 e. The van der Waals surface area contributed by atoms with Gasteiger partial charge in [0.15, 0.2) is 0 Å². The van der Waals surface area contributed by atoms with Crippen LogP contribution in [0.3, 0.4) is 0 Å². The second-order valence-corrected chi connectivity index (χ2v) is 7.92. The van der Waals surface area contributed by atoms with Crippen molar-refractivity contribution in [1.29, 1.82) is 0 Å². The molecule has 0 aliphatic heterocycles. The Morgan fingerprint density at radius 3 is 2.48 bits per heavy atom.